The van der Waals surface area contributed by atoms with Crippen LogP contribution in [0.1, 0.15) is 29.6 Å². The molecule has 1 saturated heterocycles. The minimum atomic E-state index is -4.71. The first kappa shape index (κ1) is 23.0. The topological polar surface area (TPSA) is 70.6 Å². The molecule has 1 amide bonds. The quantitative estimate of drug-likeness (QED) is 0.727. The van der Waals surface area contributed by atoms with Gasteiger partial charge in [0, 0.05) is 30.1 Å². The summed E-state index contributed by atoms with van der Waals surface area (Å²) in [4.78, 5) is 25.7. The summed E-state index contributed by atoms with van der Waals surface area (Å²) in [5.74, 6) is 0.271. The number of nitrogens with one attached hydrogen (secondary N) is 1. The van der Waals surface area contributed by atoms with Crippen molar-refractivity contribution in [2.45, 2.75) is 37.7 Å². The fourth-order valence-corrected chi connectivity index (χ4v) is 4.15. The standard InChI is InChI=1S/C23H26F3N5O2/c1-30-11-9-17(10-12-30)31(2)22(32)15-3-8-19-20(13-15)27-14-28-21(19)29-16-4-6-18(7-5-16)33-23(24,25)26/h3-4,6-8,13-14,16-17H,5,9-12H2,1-2H3,(H,27,28,29). The molecule has 7 nitrogen and oxygen atoms in total. The Morgan fingerprint density at radius 1 is 1.24 bits per heavy atom. The Labute approximate surface area is 189 Å². The Kier molecular flexibility index (Phi) is 6.55. The zero-order chi connectivity index (χ0) is 23.6. The van der Waals surface area contributed by atoms with Gasteiger partial charge in [-0.3, -0.25) is 4.79 Å². The Morgan fingerprint density at radius 2 is 2.00 bits per heavy atom. The van der Waals surface area contributed by atoms with Gasteiger partial charge in [-0.05, 0) is 69.8 Å². The zero-order valence-corrected chi connectivity index (χ0v) is 18.5. The van der Waals surface area contributed by atoms with Gasteiger partial charge in [-0.15, -0.1) is 13.2 Å². The van der Waals surface area contributed by atoms with Gasteiger partial charge in [0.05, 0.1) is 5.52 Å². The maximum atomic E-state index is 13.0. The van der Waals surface area contributed by atoms with Crippen molar-refractivity contribution in [2.24, 2.45) is 0 Å². The van der Waals surface area contributed by atoms with Gasteiger partial charge in [0.2, 0.25) is 0 Å². The van der Waals surface area contributed by atoms with E-state index in [0.29, 0.717) is 23.3 Å². The molecule has 4 rings (SSSR count). The van der Waals surface area contributed by atoms with E-state index in [1.807, 2.05) is 11.9 Å². The Hall–Kier alpha value is -3.14. The van der Waals surface area contributed by atoms with Crippen LogP contribution in [-0.2, 0) is 4.74 Å². The number of alkyl halides is 3. The fourth-order valence-electron chi connectivity index (χ4n) is 4.15. The molecule has 0 bridgehead atoms. The molecule has 1 unspecified atom stereocenters. The lowest BCUT2D eigenvalue weighted by atomic mass is 10.0. The number of hydrogen-bond acceptors (Lipinski definition) is 6. The zero-order valence-electron chi connectivity index (χ0n) is 18.5. The largest absolute Gasteiger partial charge is 0.573 e. The van der Waals surface area contributed by atoms with Crippen molar-refractivity contribution in [2.75, 3.05) is 32.5 Å². The molecule has 1 aliphatic carbocycles. The number of carbonyl (C=O) groups is 1. The van der Waals surface area contributed by atoms with E-state index in [-0.39, 0.29) is 23.8 Å². The number of halogens is 3. The molecule has 1 aliphatic heterocycles. The molecular weight excluding hydrogens is 435 g/mol. The third-order valence-corrected chi connectivity index (χ3v) is 6.06. The highest BCUT2D eigenvalue weighted by Crippen LogP contribution is 2.27. The summed E-state index contributed by atoms with van der Waals surface area (Å²) >= 11 is 0. The average Bonchev–Trinajstić information content (AvgIpc) is 2.79. The van der Waals surface area contributed by atoms with E-state index < -0.39 is 6.36 Å². The van der Waals surface area contributed by atoms with Gasteiger partial charge >= 0.3 is 6.36 Å². The van der Waals surface area contributed by atoms with Gasteiger partial charge in [-0.25, -0.2) is 9.97 Å². The van der Waals surface area contributed by atoms with E-state index in [9.17, 15) is 18.0 Å². The van der Waals surface area contributed by atoms with E-state index in [1.165, 1.54) is 18.5 Å². The minimum Gasteiger partial charge on any atom is -0.406 e. The summed E-state index contributed by atoms with van der Waals surface area (Å²) in [6.45, 7) is 1.94. The first-order valence-corrected chi connectivity index (χ1v) is 10.8. The molecule has 2 heterocycles. The molecule has 0 saturated carbocycles. The lowest BCUT2D eigenvalue weighted by Crippen LogP contribution is -2.44. The molecule has 1 N–H and O–H groups in total. The number of piperidine rings is 1. The first-order chi connectivity index (χ1) is 15.7. The van der Waals surface area contributed by atoms with Crippen LogP contribution in [0.25, 0.3) is 10.9 Å². The van der Waals surface area contributed by atoms with Crippen LogP contribution >= 0.6 is 0 Å². The summed E-state index contributed by atoms with van der Waals surface area (Å²) in [5, 5.41) is 3.94. The highest BCUT2D eigenvalue weighted by Gasteiger charge is 2.32. The van der Waals surface area contributed by atoms with Crippen molar-refractivity contribution in [1.82, 2.24) is 19.8 Å². The van der Waals surface area contributed by atoms with Crippen molar-refractivity contribution in [1.29, 1.82) is 0 Å². The lowest BCUT2D eigenvalue weighted by molar-refractivity contribution is -0.303. The number of amides is 1. The molecule has 176 valence electrons. The Balaban J connectivity index is 1.45. The van der Waals surface area contributed by atoms with Crippen molar-refractivity contribution in [3.8, 4) is 0 Å². The summed E-state index contributed by atoms with van der Waals surface area (Å²) in [5.41, 5.74) is 1.18. The van der Waals surface area contributed by atoms with E-state index in [2.05, 4.69) is 32.0 Å². The number of rotatable bonds is 5. The molecule has 1 aromatic carbocycles. The monoisotopic (exact) mass is 461 g/mol. The average molecular weight is 461 g/mol. The molecule has 0 spiro atoms. The Morgan fingerprint density at radius 3 is 2.67 bits per heavy atom. The van der Waals surface area contributed by atoms with Crippen molar-refractivity contribution >= 4 is 22.6 Å². The number of likely N-dealkylation sites (tertiary alicyclic amines) is 1. The molecule has 2 aliphatic rings. The van der Waals surface area contributed by atoms with Crippen LogP contribution in [0.2, 0.25) is 0 Å². The number of benzene rings is 1. The first-order valence-electron chi connectivity index (χ1n) is 10.8. The number of fused-ring (bicyclic) bond motifs is 1. The third kappa shape index (κ3) is 5.62. The predicted molar refractivity (Wildman–Crippen MR) is 119 cm³/mol. The highest BCUT2D eigenvalue weighted by molar-refractivity contribution is 5.99. The number of carbonyl (C=O) groups excluding carboxylic acids is 1. The van der Waals surface area contributed by atoms with E-state index in [0.717, 1.165) is 31.3 Å². The highest BCUT2D eigenvalue weighted by atomic mass is 19.4. The number of aromatic nitrogens is 2. The van der Waals surface area contributed by atoms with Crippen molar-refractivity contribution in [3.63, 3.8) is 0 Å². The van der Waals surface area contributed by atoms with E-state index in [1.54, 1.807) is 24.3 Å². The van der Waals surface area contributed by atoms with Gasteiger partial charge in [0.25, 0.3) is 5.91 Å². The van der Waals surface area contributed by atoms with Gasteiger partial charge in [0.1, 0.15) is 17.9 Å². The van der Waals surface area contributed by atoms with E-state index in [4.69, 9.17) is 0 Å². The van der Waals surface area contributed by atoms with E-state index >= 15 is 0 Å². The molecule has 0 radical (unpaired) electrons. The second-order valence-electron chi connectivity index (χ2n) is 8.40. The second kappa shape index (κ2) is 9.38. The number of anilines is 1. The van der Waals surface area contributed by atoms with Crippen LogP contribution in [0.5, 0.6) is 0 Å². The summed E-state index contributed by atoms with van der Waals surface area (Å²) in [7, 11) is 3.93. The summed E-state index contributed by atoms with van der Waals surface area (Å²) in [6.07, 6.45) is 3.16. The second-order valence-corrected chi connectivity index (χ2v) is 8.40. The normalized spacial score (nSPS) is 19.9. The third-order valence-electron chi connectivity index (χ3n) is 6.06. The lowest BCUT2D eigenvalue weighted by Gasteiger charge is -2.35. The Bertz CT molecular complexity index is 1080. The molecule has 33 heavy (non-hydrogen) atoms. The van der Waals surface area contributed by atoms with Gasteiger partial charge in [-0.2, -0.15) is 0 Å². The summed E-state index contributed by atoms with van der Waals surface area (Å²) < 4.78 is 41.0. The van der Waals surface area contributed by atoms with Crippen molar-refractivity contribution < 1.29 is 22.7 Å². The number of nitrogens with zero attached hydrogens (tertiary/aromatic N) is 4. The van der Waals surface area contributed by atoms with Crippen LogP contribution in [0.15, 0.2) is 48.5 Å². The maximum absolute atomic E-state index is 13.0. The molecule has 1 fully saturated rings. The number of ether oxygens (including phenoxy) is 1. The smallest absolute Gasteiger partial charge is 0.406 e. The van der Waals surface area contributed by atoms with Gasteiger partial charge < -0.3 is 19.9 Å². The summed E-state index contributed by atoms with van der Waals surface area (Å²) in [6, 6.07) is 5.27. The van der Waals surface area contributed by atoms with Crippen LogP contribution in [0.4, 0.5) is 19.0 Å². The van der Waals surface area contributed by atoms with Crippen molar-refractivity contribution in [3.05, 3.63) is 54.1 Å². The molecule has 2 aromatic rings. The van der Waals surface area contributed by atoms with Crippen LogP contribution in [-0.4, -0.2) is 71.3 Å². The maximum Gasteiger partial charge on any atom is 0.573 e. The minimum absolute atomic E-state index is 0.0443. The van der Waals surface area contributed by atoms with Gasteiger partial charge in [0.15, 0.2) is 0 Å². The molecule has 1 aromatic heterocycles. The van der Waals surface area contributed by atoms with Gasteiger partial charge in [-0.1, -0.05) is 6.08 Å². The number of hydrogen-bond donors (Lipinski definition) is 1. The van der Waals surface area contributed by atoms with Crippen LogP contribution in [0, 0.1) is 0 Å². The number of allylic oxidation sites excluding steroid dienone is 1. The SMILES string of the molecule is CN1CCC(N(C)C(=O)c2ccc3c(NC4C=CC(OC(F)(F)F)=CC4)ncnc3c2)CC1. The molecule has 10 heteroatoms. The van der Waals surface area contributed by atoms with Crippen LogP contribution in [0.3, 0.4) is 0 Å². The fraction of sp³-hybridized carbons (Fsp3) is 0.435. The predicted octanol–water partition coefficient (Wildman–Crippen LogP) is 3.96. The van der Waals surface area contributed by atoms with Crippen LogP contribution < -0.4 is 5.32 Å². The molecule has 1 atom stereocenters. The molecular formula is C23H26F3N5O2.